The number of nitrogens with zero attached hydrogens (tertiary/aromatic N) is 1. The minimum absolute atomic E-state index is 0.230. The molecule has 0 atom stereocenters. The van der Waals surface area contributed by atoms with Gasteiger partial charge in [0.2, 0.25) is 10.0 Å². The molecule has 0 bridgehead atoms. The Hall–Kier alpha value is -0.130. The Labute approximate surface area is 118 Å². The second-order valence-corrected chi connectivity index (χ2v) is 8.19. The van der Waals surface area contributed by atoms with Gasteiger partial charge in [-0.15, -0.1) is 0 Å². The van der Waals surface area contributed by atoms with Gasteiger partial charge in [-0.1, -0.05) is 25.7 Å². The molecule has 4 nitrogen and oxygen atoms in total. The van der Waals surface area contributed by atoms with E-state index in [9.17, 15) is 8.42 Å². The highest BCUT2D eigenvalue weighted by atomic mass is 32.2. The van der Waals surface area contributed by atoms with E-state index in [-0.39, 0.29) is 5.75 Å². The average Bonchev–Trinajstić information content (AvgIpc) is 2.68. The minimum Gasteiger partial charge on any atom is -0.311 e. The third kappa shape index (κ3) is 4.43. The molecule has 1 heterocycles. The summed E-state index contributed by atoms with van der Waals surface area (Å²) >= 11 is 0. The second kappa shape index (κ2) is 7.04. The highest BCUT2D eigenvalue weighted by molar-refractivity contribution is 7.89. The molecule has 0 aromatic carbocycles. The first-order valence-corrected chi connectivity index (χ1v) is 9.46. The summed E-state index contributed by atoms with van der Waals surface area (Å²) in [7, 11) is -2.98. The molecule has 0 aromatic heterocycles. The molecular formula is C14H28N2O2S. The van der Waals surface area contributed by atoms with Gasteiger partial charge < -0.3 is 5.32 Å². The van der Waals surface area contributed by atoms with Crippen molar-refractivity contribution >= 4 is 10.0 Å². The van der Waals surface area contributed by atoms with Crippen molar-refractivity contribution in [2.75, 3.05) is 18.8 Å². The Balaban J connectivity index is 1.77. The third-order valence-electron chi connectivity index (χ3n) is 4.54. The zero-order valence-electron chi connectivity index (χ0n) is 12.1. The Morgan fingerprint density at radius 1 is 0.947 bits per heavy atom. The molecule has 19 heavy (non-hydrogen) atoms. The molecule has 1 aliphatic heterocycles. The van der Waals surface area contributed by atoms with Gasteiger partial charge in [-0.05, 0) is 32.6 Å². The fourth-order valence-corrected chi connectivity index (χ4v) is 4.39. The van der Waals surface area contributed by atoms with E-state index < -0.39 is 10.0 Å². The normalized spacial score (nSPS) is 25.3. The quantitative estimate of drug-likeness (QED) is 0.806. The molecule has 0 aromatic rings. The number of piperidine rings is 1. The summed E-state index contributed by atoms with van der Waals surface area (Å²) in [5.74, 6) is 0.230. The van der Waals surface area contributed by atoms with Crippen LogP contribution in [0, 0.1) is 0 Å². The van der Waals surface area contributed by atoms with Crippen LogP contribution in [0.3, 0.4) is 0 Å². The SMILES string of the molecule is CCS(=O)(=O)N1CCC(NC2CCCCCC2)CC1. The van der Waals surface area contributed by atoms with Crippen LogP contribution in [0.25, 0.3) is 0 Å². The number of hydrogen-bond donors (Lipinski definition) is 1. The first-order valence-electron chi connectivity index (χ1n) is 7.85. The summed E-state index contributed by atoms with van der Waals surface area (Å²) in [6.45, 7) is 3.12. The van der Waals surface area contributed by atoms with Crippen LogP contribution in [0.2, 0.25) is 0 Å². The van der Waals surface area contributed by atoms with Gasteiger partial charge in [-0.25, -0.2) is 12.7 Å². The van der Waals surface area contributed by atoms with Gasteiger partial charge in [-0.3, -0.25) is 0 Å². The van der Waals surface area contributed by atoms with Crippen molar-refractivity contribution in [1.29, 1.82) is 0 Å². The fourth-order valence-electron chi connectivity index (χ4n) is 3.26. The maximum Gasteiger partial charge on any atom is 0.213 e. The first kappa shape index (κ1) is 15.3. The van der Waals surface area contributed by atoms with Crippen molar-refractivity contribution in [2.45, 2.75) is 70.4 Å². The van der Waals surface area contributed by atoms with Crippen molar-refractivity contribution in [3.8, 4) is 0 Å². The van der Waals surface area contributed by atoms with Gasteiger partial charge in [-0.2, -0.15) is 0 Å². The van der Waals surface area contributed by atoms with E-state index in [1.165, 1.54) is 38.5 Å². The summed E-state index contributed by atoms with van der Waals surface area (Å²) < 4.78 is 25.3. The number of sulfonamides is 1. The van der Waals surface area contributed by atoms with E-state index >= 15 is 0 Å². The van der Waals surface area contributed by atoms with Crippen LogP contribution in [-0.2, 0) is 10.0 Å². The van der Waals surface area contributed by atoms with Gasteiger partial charge >= 0.3 is 0 Å². The van der Waals surface area contributed by atoms with Crippen LogP contribution in [0.5, 0.6) is 0 Å². The molecule has 2 fully saturated rings. The molecule has 112 valence electrons. The standard InChI is InChI=1S/C14H28N2O2S/c1-2-19(17,18)16-11-9-14(10-12-16)15-13-7-5-3-4-6-8-13/h13-15H,2-12H2,1H3. The molecule has 1 saturated heterocycles. The van der Waals surface area contributed by atoms with Gasteiger partial charge in [0.15, 0.2) is 0 Å². The lowest BCUT2D eigenvalue weighted by Crippen LogP contribution is -2.48. The van der Waals surface area contributed by atoms with Crippen LogP contribution in [0.4, 0.5) is 0 Å². The Kier molecular flexibility index (Phi) is 5.66. The molecule has 1 N–H and O–H groups in total. The molecule has 2 rings (SSSR count). The minimum atomic E-state index is -2.98. The summed E-state index contributed by atoms with van der Waals surface area (Å²) in [6, 6.07) is 1.19. The molecule has 0 amide bonds. The van der Waals surface area contributed by atoms with Gasteiger partial charge in [0.05, 0.1) is 5.75 Å². The predicted molar refractivity (Wildman–Crippen MR) is 78.7 cm³/mol. The number of nitrogens with one attached hydrogen (secondary N) is 1. The average molecular weight is 288 g/mol. The van der Waals surface area contributed by atoms with E-state index in [2.05, 4.69) is 5.32 Å². The first-order chi connectivity index (χ1) is 9.12. The molecule has 5 heteroatoms. The van der Waals surface area contributed by atoms with Crippen LogP contribution in [-0.4, -0.2) is 43.6 Å². The molecule has 0 unspecified atom stereocenters. The van der Waals surface area contributed by atoms with Crippen molar-refractivity contribution < 1.29 is 8.42 Å². The highest BCUT2D eigenvalue weighted by Crippen LogP contribution is 2.20. The lowest BCUT2D eigenvalue weighted by molar-refractivity contribution is 0.266. The third-order valence-corrected chi connectivity index (χ3v) is 6.42. The zero-order valence-corrected chi connectivity index (χ0v) is 12.9. The summed E-state index contributed by atoms with van der Waals surface area (Å²) in [6.07, 6.45) is 9.99. The molecule has 1 aliphatic carbocycles. The predicted octanol–water partition coefficient (Wildman–Crippen LogP) is 2.11. The van der Waals surface area contributed by atoms with Crippen molar-refractivity contribution in [3.05, 3.63) is 0 Å². The topological polar surface area (TPSA) is 49.4 Å². The van der Waals surface area contributed by atoms with Crippen molar-refractivity contribution in [3.63, 3.8) is 0 Å². The fraction of sp³-hybridized carbons (Fsp3) is 1.00. The van der Waals surface area contributed by atoms with Gasteiger partial charge in [0, 0.05) is 25.2 Å². The second-order valence-electron chi connectivity index (χ2n) is 5.93. The van der Waals surface area contributed by atoms with Crippen LogP contribution >= 0.6 is 0 Å². The maximum atomic E-state index is 11.8. The van der Waals surface area contributed by atoms with Gasteiger partial charge in [0.25, 0.3) is 0 Å². The Morgan fingerprint density at radius 2 is 1.47 bits per heavy atom. The smallest absolute Gasteiger partial charge is 0.213 e. The monoisotopic (exact) mass is 288 g/mol. The molecular weight excluding hydrogens is 260 g/mol. The maximum absolute atomic E-state index is 11.8. The molecule has 0 spiro atoms. The van der Waals surface area contributed by atoms with Crippen LogP contribution < -0.4 is 5.32 Å². The Bertz CT molecular complexity index is 354. The van der Waals surface area contributed by atoms with Gasteiger partial charge in [0.1, 0.15) is 0 Å². The summed E-state index contributed by atoms with van der Waals surface area (Å²) in [4.78, 5) is 0. The highest BCUT2D eigenvalue weighted by Gasteiger charge is 2.27. The van der Waals surface area contributed by atoms with E-state index in [0.717, 1.165) is 12.8 Å². The molecule has 2 aliphatic rings. The Morgan fingerprint density at radius 3 is 2.00 bits per heavy atom. The van der Waals surface area contributed by atoms with E-state index in [1.54, 1.807) is 11.2 Å². The lowest BCUT2D eigenvalue weighted by atomic mass is 10.0. The zero-order chi connectivity index (χ0) is 13.7. The van der Waals surface area contributed by atoms with Crippen LogP contribution in [0.15, 0.2) is 0 Å². The lowest BCUT2D eigenvalue weighted by Gasteiger charge is -2.33. The number of hydrogen-bond acceptors (Lipinski definition) is 3. The van der Waals surface area contributed by atoms with E-state index in [1.807, 2.05) is 0 Å². The summed E-state index contributed by atoms with van der Waals surface area (Å²) in [5, 5.41) is 3.77. The molecule has 1 saturated carbocycles. The van der Waals surface area contributed by atoms with Crippen molar-refractivity contribution in [1.82, 2.24) is 9.62 Å². The number of rotatable bonds is 4. The van der Waals surface area contributed by atoms with Crippen LogP contribution in [0.1, 0.15) is 58.3 Å². The van der Waals surface area contributed by atoms with Crippen molar-refractivity contribution in [2.24, 2.45) is 0 Å². The van der Waals surface area contributed by atoms with E-state index in [0.29, 0.717) is 25.2 Å². The van der Waals surface area contributed by atoms with E-state index in [4.69, 9.17) is 0 Å². The largest absolute Gasteiger partial charge is 0.311 e. The molecule has 0 radical (unpaired) electrons. The summed E-state index contributed by atoms with van der Waals surface area (Å²) in [5.41, 5.74) is 0.